The minimum absolute atomic E-state index is 0.0328. The maximum Gasteiger partial charge on any atom is 0.307 e. The number of hydrogen-bond acceptors (Lipinski definition) is 4. The molecule has 0 aromatic heterocycles. The zero-order valence-electron chi connectivity index (χ0n) is 10.0. The van der Waals surface area contributed by atoms with Crippen LogP contribution in [0.3, 0.4) is 0 Å². The molecule has 1 aromatic carbocycles. The first-order valence-corrected chi connectivity index (χ1v) is 5.87. The second kappa shape index (κ2) is 6.37. The third kappa shape index (κ3) is 4.01. The van der Waals surface area contributed by atoms with Crippen LogP contribution in [0.25, 0.3) is 0 Å². The van der Waals surface area contributed by atoms with Crippen LogP contribution in [0.2, 0.25) is 0 Å². The van der Waals surface area contributed by atoms with Gasteiger partial charge >= 0.3 is 5.97 Å². The average Bonchev–Trinajstić information content (AvgIpc) is 2.28. The zero-order valence-corrected chi connectivity index (χ0v) is 10.0. The molecule has 5 nitrogen and oxygen atoms in total. The normalized spacial score (nSPS) is 15.1. The second-order valence-corrected chi connectivity index (χ2v) is 4.09. The van der Waals surface area contributed by atoms with Gasteiger partial charge in [0.05, 0.1) is 26.2 Å². The molecule has 1 saturated heterocycles. The van der Waals surface area contributed by atoms with Crippen LogP contribution in [0, 0.1) is 0 Å². The van der Waals surface area contributed by atoms with Crippen molar-refractivity contribution in [1.29, 1.82) is 0 Å². The van der Waals surface area contributed by atoms with Crippen molar-refractivity contribution in [2.24, 2.45) is 0 Å². The maximum atomic E-state index is 10.5. The van der Waals surface area contributed by atoms with E-state index in [2.05, 4.69) is 0 Å². The Balaban J connectivity index is 1.67. The van der Waals surface area contributed by atoms with Gasteiger partial charge < -0.3 is 19.3 Å². The number of ether oxygens (including phenoxy) is 3. The lowest BCUT2D eigenvalue weighted by atomic mass is 10.1. The van der Waals surface area contributed by atoms with E-state index in [4.69, 9.17) is 19.3 Å². The quantitative estimate of drug-likeness (QED) is 0.736. The summed E-state index contributed by atoms with van der Waals surface area (Å²) in [7, 11) is 0. The highest BCUT2D eigenvalue weighted by Crippen LogP contribution is 2.13. The number of benzene rings is 1. The number of rotatable bonds is 7. The lowest BCUT2D eigenvalue weighted by molar-refractivity contribution is -0.136. The molecule has 0 bridgehead atoms. The van der Waals surface area contributed by atoms with E-state index in [1.54, 1.807) is 24.3 Å². The molecule has 98 valence electrons. The molecular weight excluding hydrogens is 236 g/mol. The molecule has 1 aliphatic rings. The summed E-state index contributed by atoms with van der Waals surface area (Å²) in [5, 5.41) is 8.63. The summed E-state index contributed by atoms with van der Waals surface area (Å²) in [6, 6.07) is 7.05. The molecule has 5 heteroatoms. The molecule has 0 radical (unpaired) electrons. The monoisotopic (exact) mass is 252 g/mol. The number of carboxylic acids is 1. The third-order valence-corrected chi connectivity index (χ3v) is 2.59. The molecule has 0 saturated carbocycles. The van der Waals surface area contributed by atoms with Gasteiger partial charge in [0.1, 0.15) is 18.5 Å². The van der Waals surface area contributed by atoms with Crippen LogP contribution in [0.5, 0.6) is 5.75 Å². The molecule has 0 spiro atoms. The average molecular weight is 252 g/mol. The number of aliphatic carboxylic acids is 1. The molecule has 0 aliphatic carbocycles. The Kier molecular flexibility index (Phi) is 4.55. The molecule has 1 aromatic rings. The fourth-order valence-corrected chi connectivity index (χ4v) is 1.56. The van der Waals surface area contributed by atoms with Crippen molar-refractivity contribution < 1.29 is 24.1 Å². The second-order valence-electron chi connectivity index (χ2n) is 4.09. The van der Waals surface area contributed by atoms with Crippen molar-refractivity contribution in [2.75, 3.05) is 26.4 Å². The van der Waals surface area contributed by atoms with Gasteiger partial charge in [0, 0.05) is 0 Å². The smallest absolute Gasteiger partial charge is 0.307 e. The summed E-state index contributed by atoms with van der Waals surface area (Å²) in [5.41, 5.74) is 0.762. The molecule has 1 aliphatic heterocycles. The highest BCUT2D eigenvalue weighted by atomic mass is 16.6. The van der Waals surface area contributed by atoms with Crippen LogP contribution in [-0.4, -0.2) is 43.6 Å². The maximum absolute atomic E-state index is 10.5. The van der Waals surface area contributed by atoms with E-state index >= 15 is 0 Å². The molecule has 1 N–H and O–H groups in total. The van der Waals surface area contributed by atoms with Gasteiger partial charge in [-0.2, -0.15) is 0 Å². The van der Waals surface area contributed by atoms with Gasteiger partial charge in [-0.15, -0.1) is 0 Å². The fraction of sp³-hybridized carbons (Fsp3) is 0.462. The molecule has 0 atom stereocenters. The summed E-state index contributed by atoms with van der Waals surface area (Å²) < 4.78 is 15.9. The minimum Gasteiger partial charge on any atom is -0.491 e. The summed E-state index contributed by atoms with van der Waals surface area (Å²) in [6.45, 7) is 2.35. The van der Waals surface area contributed by atoms with Gasteiger partial charge in [0.15, 0.2) is 0 Å². The summed E-state index contributed by atoms with van der Waals surface area (Å²) in [4.78, 5) is 10.5. The van der Waals surface area contributed by atoms with Crippen molar-refractivity contribution in [3.63, 3.8) is 0 Å². The van der Waals surface area contributed by atoms with E-state index in [9.17, 15) is 4.79 Å². The first-order chi connectivity index (χ1) is 8.74. The van der Waals surface area contributed by atoms with Crippen molar-refractivity contribution >= 4 is 5.97 Å². The summed E-state index contributed by atoms with van der Waals surface area (Å²) >= 11 is 0. The van der Waals surface area contributed by atoms with E-state index in [0.29, 0.717) is 26.4 Å². The first kappa shape index (κ1) is 12.9. The van der Waals surface area contributed by atoms with Crippen molar-refractivity contribution in [3.05, 3.63) is 29.8 Å². The van der Waals surface area contributed by atoms with Gasteiger partial charge in [-0.05, 0) is 17.7 Å². The molecule has 0 unspecified atom stereocenters. The molecule has 1 fully saturated rings. The Labute approximate surface area is 105 Å². The highest BCUT2D eigenvalue weighted by molar-refractivity contribution is 5.70. The molecule has 0 amide bonds. The Hall–Kier alpha value is -1.59. The largest absolute Gasteiger partial charge is 0.491 e. The van der Waals surface area contributed by atoms with Gasteiger partial charge in [-0.1, -0.05) is 12.1 Å². The van der Waals surface area contributed by atoms with Gasteiger partial charge in [-0.25, -0.2) is 0 Å². The predicted molar refractivity (Wildman–Crippen MR) is 63.8 cm³/mol. The fourth-order valence-electron chi connectivity index (χ4n) is 1.56. The minimum atomic E-state index is -0.834. The molecule has 1 heterocycles. The number of carbonyl (C=O) groups is 1. The standard InChI is InChI=1S/C13H16O5/c14-13(15)7-10-1-3-11(4-2-10)17-5-6-18-12-8-16-9-12/h1-4,12H,5-9H2,(H,14,15). The predicted octanol–water partition coefficient (Wildman–Crippen LogP) is 1.11. The van der Waals surface area contributed by atoms with Crippen LogP contribution in [-0.2, 0) is 20.7 Å². The van der Waals surface area contributed by atoms with Crippen LogP contribution in [0.4, 0.5) is 0 Å². The lowest BCUT2D eigenvalue weighted by Crippen LogP contribution is -2.37. The van der Waals surface area contributed by atoms with E-state index < -0.39 is 5.97 Å². The lowest BCUT2D eigenvalue weighted by Gasteiger charge is -2.25. The molecule has 18 heavy (non-hydrogen) atoms. The highest BCUT2D eigenvalue weighted by Gasteiger charge is 2.18. The van der Waals surface area contributed by atoms with Gasteiger partial charge in [0.2, 0.25) is 0 Å². The summed E-state index contributed by atoms with van der Waals surface area (Å²) in [5.74, 6) is -0.114. The van der Waals surface area contributed by atoms with E-state index in [1.807, 2.05) is 0 Å². The van der Waals surface area contributed by atoms with Gasteiger partial charge in [-0.3, -0.25) is 4.79 Å². The number of carboxylic acid groups (broad SMARTS) is 1. The van der Waals surface area contributed by atoms with Gasteiger partial charge in [0.25, 0.3) is 0 Å². The summed E-state index contributed by atoms with van der Waals surface area (Å²) in [6.07, 6.45) is 0.247. The van der Waals surface area contributed by atoms with Crippen molar-refractivity contribution in [2.45, 2.75) is 12.5 Å². The molecule has 2 rings (SSSR count). The van der Waals surface area contributed by atoms with Crippen LogP contribution < -0.4 is 4.74 Å². The number of hydrogen-bond donors (Lipinski definition) is 1. The SMILES string of the molecule is O=C(O)Cc1ccc(OCCOC2COC2)cc1. The van der Waals surface area contributed by atoms with Crippen molar-refractivity contribution in [3.8, 4) is 5.75 Å². The van der Waals surface area contributed by atoms with E-state index in [0.717, 1.165) is 11.3 Å². The van der Waals surface area contributed by atoms with Crippen LogP contribution in [0.1, 0.15) is 5.56 Å². The Bertz CT molecular complexity index is 383. The Morgan fingerprint density at radius 2 is 2.00 bits per heavy atom. The Morgan fingerprint density at radius 1 is 1.28 bits per heavy atom. The topological polar surface area (TPSA) is 65.0 Å². The van der Waals surface area contributed by atoms with Crippen molar-refractivity contribution in [1.82, 2.24) is 0 Å². The first-order valence-electron chi connectivity index (χ1n) is 5.87. The zero-order chi connectivity index (χ0) is 12.8. The Morgan fingerprint density at radius 3 is 2.56 bits per heavy atom. The van der Waals surface area contributed by atoms with E-state index in [-0.39, 0.29) is 12.5 Å². The van der Waals surface area contributed by atoms with Crippen LogP contribution in [0.15, 0.2) is 24.3 Å². The molecular formula is C13H16O5. The van der Waals surface area contributed by atoms with Crippen LogP contribution >= 0.6 is 0 Å². The van der Waals surface area contributed by atoms with E-state index in [1.165, 1.54) is 0 Å². The third-order valence-electron chi connectivity index (χ3n) is 2.59.